The van der Waals surface area contributed by atoms with Gasteiger partial charge in [-0.05, 0) is 48.9 Å². The molecule has 2 N–H and O–H groups in total. The van der Waals surface area contributed by atoms with Gasteiger partial charge in [0.15, 0.2) is 11.5 Å². The van der Waals surface area contributed by atoms with Crippen molar-refractivity contribution < 1.29 is 22.7 Å². The summed E-state index contributed by atoms with van der Waals surface area (Å²) in [6.45, 7) is 3.05. The van der Waals surface area contributed by atoms with Gasteiger partial charge in [-0.1, -0.05) is 29.8 Å². The Morgan fingerprint density at radius 3 is 2.32 bits per heavy atom. The minimum absolute atomic E-state index is 0.0831. The van der Waals surface area contributed by atoms with Crippen LogP contribution in [0.5, 0.6) is 11.5 Å². The first-order valence-electron chi connectivity index (χ1n) is 10.8. The lowest BCUT2D eigenvalue weighted by Gasteiger charge is -2.12. The average molecular weight is 499 g/mol. The molecule has 0 saturated heterocycles. The van der Waals surface area contributed by atoms with Gasteiger partial charge in [-0.15, -0.1) is 11.8 Å². The Kier molecular flexibility index (Phi) is 7.64. The predicted molar refractivity (Wildman–Crippen MR) is 135 cm³/mol. The van der Waals surface area contributed by atoms with Crippen molar-refractivity contribution in [3.63, 3.8) is 0 Å². The third-order valence-electron chi connectivity index (χ3n) is 5.07. The van der Waals surface area contributed by atoms with E-state index >= 15 is 0 Å². The summed E-state index contributed by atoms with van der Waals surface area (Å²) in [4.78, 5) is 12.3. The van der Waals surface area contributed by atoms with Gasteiger partial charge in [0.25, 0.3) is 10.0 Å². The van der Waals surface area contributed by atoms with Gasteiger partial charge < -0.3 is 14.8 Å². The Morgan fingerprint density at radius 2 is 1.59 bits per heavy atom. The zero-order valence-electron chi connectivity index (χ0n) is 18.7. The Labute approximate surface area is 203 Å². The molecule has 4 rings (SSSR count). The van der Waals surface area contributed by atoms with Crippen molar-refractivity contribution in [1.82, 2.24) is 0 Å². The van der Waals surface area contributed by atoms with E-state index in [0.29, 0.717) is 41.8 Å². The molecule has 1 aliphatic rings. The van der Waals surface area contributed by atoms with Crippen molar-refractivity contribution >= 4 is 39.1 Å². The summed E-state index contributed by atoms with van der Waals surface area (Å²) in [6.07, 6.45) is 0.739. The van der Waals surface area contributed by atoms with Gasteiger partial charge in [-0.25, -0.2) is 8.42 Å². The number of rotatable bonds is 8. The van der Waals surface area contributed by atoms with Gasteiger partial charge in [0.2, 0.25) is 5.91 Å². The molecule has 3 aromatic rings. The number of thioether (sulfide) groups is 1. The van der Waals surface area contributed by atoms with E-state index in [2.05, 4.69) is 34.3 Å². The van der Waals surface area contributed by atoms with Crippen LogP contribution in [0.2, 0.25) is 0 Å². The molecule has 0 fully saturated rings. The number of amides is 1. The van der Waals surface area contributed by atoms with Crippen LogP contribution >= 0.6 is 11.8 Å². The maximum absolute atomic E-state index is 12.8. The highest BCUT2D eigenvalue weighted by molar-refractivity contribution is 7.99. The number of hydrogen-bond donors (Lipinski definition) is 2. The SMILES string of the molecule is Cc1ccc(CSCC(=O)Nc2ccc(NS(=O)(=O)c3ccc4c(c3)OCCCO4)cc2)cc1. The summed E-state index contributed by atoms with van der Waals surface area (Å²) in [7, 11) is -3.81. The summed E-state index contributed by atoms with van der Waals surface area (Å²) in [5, 5.41) is 2.83. The lowest BCUT2D eigenvalue weighted by atomic mass is 10.2. The Balaban J connectivity index is 1.31. The molecule has 0 saturated carbocycles. The number of ether oxygens (including phenoxy) is 2. The second-order valence-electron chi connectivity index (χ2n) is 7.87. The van der Waals surface area contributed by atoms with Crippen LogP contribution in [0.3, 0.4) is 0 Å². The van der Waals surface area contributed by atoms with Gasteiger partial charge >= 0.3 is 0 Å². The number of hydrogen-bond acceptors (Lipinski definition) is 6. The molecule has 178 valence electrons. The van der Waals surface area contributed by atoms with Crippen molar-refractivity contribution in [3.8, 4) is 11.5 Å². The number of fused-ring (bicyclic) bond motifs is 1. The first-order chi connectivity index (χ1) is 16.4. The standard InChI is InChI=1S/C25H26N2O5S2/c1-18-3-5-19(6-4-18)16-33-17-25(28)26-20-7-9-21(10-8-20)27-34(29,30)22-11-12-23-24(15-22)32-14-2-13-31-23/h3-12,15,27H,2,13-14,16-17H2,1H3,(H,26,28). The fourth-order valence-corrected chi connectivity index (χ4v) is 5.15. The number of anilines is 2. The van der Waals surface area contributed by atoms with E-state index in [1.165, 1.54) is 35.0 Å². The molecule has 0 radical (unpaired) electrons. The first-order valence-corrected chi connectivity index (χ1v) is 13.5. The van der Waals surface area contributed by atoms with Crippen molar-refractivity contribution in [2.75, 3.05) is 29.0 Å². The number of nitrogens with one attached hydrogen (secondary N) is 2. The molecule has 7 nitrogen and oxygen atoms in total. The summed E-state index contributed by atoms with van der Waals surface area (Å²) in [5.41, 5.74) is 3.37. The fourth-order valence-electron chi connectivity index (χ4n) is 3.29. The minimum Gasteiger partial charge on any atom is -0.490 e. The Bertz CT molecular complexity index is 1240. The number of sulfonamides is 1. The third-order valence-corrected chi connectivity index (χ3v) is 7.46. The lowest BCUT2D eigenvalue weighted by Crippen LogP contribution is -2.15. The fraction of sp³-hybridized carbons (Fsp3) is 0.240. The van der Waals surface area contributed by atoms with E-state index < -0.39 is 10.0 Å². The van der Waals surface area contributed by atoms with Crippen LogP contribution in [-0.4, -0.2) is 33.3 Å². The van der Waals surface area contributed by atoms with E-state index in [-0.39, 0.29) is 10.8 Å². The van der Waals surface area contributed by atoms with Crippen LogP contribution in [0.4, 0.5) is 11.4 Å². The second kappa shape index (κ2) is 10.8. The molecule has 1 heterocycles. The smallest absolute Gasteiger partial charge is 0.262 e. The molecule has 3 aromatic carbocycles. The van der Waals surface area contributed by atoms with Crippen LogP contribution < -0.4 is 19.5 Å². The number of carbonyl (C=O) groups excluding carboxylic acids is 1. The molecule has 1 aliphatic heterocycles. The maximum atomic E-state index is 12.8. The minimum atomic E-state index is -3.81. The van der Waals surface area contributed by atoms with Crippen molar-refractivity contribution in [2.45, 2.75) is 24.0 Å². The highest BCUT2D eigenvalue weighted by Crippen LogP contribution is 2.32. The summed E-state index contributed by atoms with van der Waals surface area (Å²) >= 11 is 1.54. The highest BCUT2D eigenvalue weighted by Gasteiger charge is 2.19. The zero-order valence-corrected chi connectivity index (χ0v) is 20.4. The monoisotopic (exact) mass is 498 g/mol. The number of aryl methyl sites for hydroxylation is 1. The molecule has 0 atom stereocenters. The summed E-state index contributed by atoms with van der Waals surface area (Å²) in [5.74, 6) is 1.92. The molecule has 0 aliphatic carbocycles. The third kappa shape index (κ3) is 6.45. The van der Waals surface area contributed by atoms with Crippen LogP contribution in [0, 0.1) is 6.92 Å². The van der Waals surface area contributed by atoms with Crippen LogP contribution in [0.15, 0.2) is 71.6 Å². The Morgan fingerprint density at radius 1 is 0.912 bits per heavy atom. The van der Waals surface area contributed by atoms with E-state index in [1.54, 1.807) is 30.3 Å². The number of benzene rings is 3. The molecule has 9 heteroatoms. The normalized spacial score (nSPS) is 13.1. The molecule has 0 aromatic heterocycles. The summed E-state index contributed by atoms with van der Waals surface area (Å²) < 4.78 is 39.3. The van der Waals surface area contributed by atoms with Gasteiger partial charge in [-0.2, -0.15) is 0 Å². The first kappa shape index (κ1) is 24.0. The van der Waals surface area contributed by atoms with Crippen LogP contribution in [-0.2, 0) is 20.6 Å². The van der Waals surface area contributed by atoms with Crippen molar-refractivity contribution in [3.05, 3.63) is 77.9 Å². The predicted octanol–water partition coefficient (Wildman–Crippen LogP) is 4.83. The summed E-state index contributed by atoms with van der Waals surface area (Å²) in [6, 6.07) is 19.3. The molecule has 0 unspecified atom stereocenters. The van der Waals surface area contributed by atoms with Crippen molar-refractivity contribution in [2.24, 2.45) is 0 Å². The van der Waals surface area contributed by atoms with Gasteiger partial charge in [0.05, 0.1) is 23.9 Å². The van der Waals surface area contributed by atoms with E-state index in [9.17, 15) is 13.2 Å². The molecular weight excluding hydrogens is 472 g/mol. The van der Waals surface area contributed by atoms with E-state index in [0.717, 1.165) is 12.2 Å². The largest absolute Gasteiger partial charge is 0.490 e. The quantitative estimate of drug-likeness (QED) is 0.462. The lowest BCUT2D eigenvalue weighted by molar-refractivity contribution is -0.113. The zero-order chi connectivity index (χ0) is 24.0. The molecule has 34 heavy (non-hydrogen) atoms. The van der Waals surface area contributed by atoms with Crippen molar-refractivity contribution in [1.29, 1.82) is 0 Å². The van der Waals surface area contributed by atoms with Crippen LogP contribution in [0.25, 0.3) is 0 Å². The number of carbonyl (C=O) groups is 1. The van der Waals surface area contributed by atoms with Gasteiger partial charge in [-0.3, -0.25) is 9.52 Å². The molecule has 1 amide bonds. The average Bonchev–Trinajstić information content (AvgIpc) is 3.06. The van der Waals surface area contributed by atoms with Gasteiger partial charge in [0, 0.05) is 29.6 Å². The molecule has 0 bridgehead atoms. The maximum Gasteiger partial charge on any atom is 0.262 e. The van der Waals surface area contributed by atoms with E-state index in [1.807, 2.05) is 6.92 Å². The van der Waals surface area contributed by atoms with Crippen LogP contribution in [0.1, 0.15) is 17.5 Å². The molecular formula is C25H26N2O5S2. The topological polar surface area (TPSA) is 93.7 Å². The van der Waals surface area contributed by atoms with Gasteiger partial charge in [0.1, 0.15) is 0 Å². The molecule has 0 spiro atoms. The Hall–Kier alpha value is -3.17. The second-order valence-corrected chi connectivity index (χ2v) is 10.5. The van der Waals surface area contributed by atoms with E-state index in [4.69, 9.17) is 9.47 Å². The highest BCUT2D eigenvalue weighted by atomic mass is 32.2.